The molecule has 178 valence electrons. The molecule has 5 rings (SSSR count). The van der Waals surface area contributed by atoms with Crippen molar-refractivity contribution in [2.75, 3.05) is 26.2 Å². The Morgan fingerprint density at radius 1 is 0.824 bits per heavy atom. The lowest BCUT2D eigenvalue weighted by Gasteiger charge is -2.15. The standard InChI is InChI=1S/C23H23ClN8.2ClH/c1-14-6-7-17-18(12-29-31-22-25-8-9-26-22)15-4-2-3-5-16(15)19(20(17)21(14)24)13-30-32-23-27-10-11-28-23;;/h2-7,12-13H,8-11H2,1H3,(H2,25,26,31)(H2,27,28,32);2*1H/b29-12+,30-13+;;. The second-order valence-electron chi connectivity index (χ2n) is 7.55. The predicted octanol–water partition coefficient (Wildman–Crippen LogP) is 3.56. The van der Waals surface area contributed by atoms with Crippen LogP contribution in [0.1, 0.15) is 16.7 Å². The lowest BCUT2D eigenvalue weighted by Crippen LogP contribution is -2.30. The second kappa shape index (κ2) is 11.4. The molecule has 34 heavy (non-hydrogen) atoms. The maximum absolute atomic E-state index is 6.84. The first-order chi connectivity index (χ1) is 15.7. The maximum atomic E-state index is 6.84. The Labute approximate surface area is 214 Å². The van der Waals surface area contributed by atoms with E-state index in [2.05, 4.69) is 59.9 Å². The Morgan fingerprint density at radius 3 is 1.94 bits per heavy atom. The summed E-state index contributed by atoms with van der Waals surface area (Å²) in [7, 11) is 0. The molecule has 2 heterocycles. The zero-order chi connectivity index (χ0) is 21.9. The number of hydrogen-bond donors (Lipinski definition) is 4. The summed E-state index contributed by atoms with van der Waals surface area (Å²) in [5.74, 6) is 1.36. The zero-order valence-electron chi connectivity index (χ0n) is 18.4. The molecule has 0 bridgehead atoms. The molecule has 0 saturated heterocycles. The largest absolute Gasteiger partial charge is 0.353 e. The van der Waals surface area contributed by atoms with E-state index < -0.39 is 0 Å². The number of nitrogens with zero attached hydrogens (tertiary/aromatic N) is 4. The van der Waals surface area contributed by atoms with E-state index in [1.165, 1.54) is 0 Å². The lowest BCUT2D eigenvalue weighted by atomic mass is 9.91. The Bertz CT molecular complexity index is 1320. The molecular weight excluding hydrogens is 495 g/mol. The van der Waals surface area contributed by atoms with Gasteiger partial charge in [-0.15, -0.1) is 24.8 Å². The zero-order valence-corrected chi connectivity index (χ0v) is 20.8. The minimum atomic E-state index is 0. The molecule has 0 spiro atoms. The Hall–Kier alpha value is -3.07. The first-order valence-electron chi connectivity index (χ1n) is 10.5. The molecule has 11 heteroatoms. The molecule has 0 saturated carbocycles. The molecule has 0 aromatic heterocycles. The van der Waals surface area contributed by atoms with Gasteiger partial charge in [-0.05, 0) is 28.6 Å². The number of hydrogen-bond acceptors (Lipinski definition) is 8. The number of guanidine groups is 2. The summed E-state index contributed by atoms with van der Waals surface area (Å²) in [6.07, 6.45) is 3.64. The van der Waals surface area contributed by atoms with Crippen LogP contribution in [-0.2, 0) is 0 Å². The quantitative estimate of drug-likeness (QED) is 0.241. The van der Waals surface area contributed by atoms with Crippen LogP contribution in [-0.4, -0.2) is 50.5 Å². The van der Waals surface area contributed by atoms with E-state index in [9.17, 15) is 0 Å². The van der Waals surface area contributed by atoms with Crippen LogP contribution in [0.15, 0.2) is 56.6 Å². The van der Waals surface area contributed by atoms with E-state index in [4.69, 9.17) is 11.6 Å². The van der Waals surface area contributed by atoms with Crippen LogP contribution in [0.3, 0.4) is 0 Å². The predicted molar refractivity (Wildman–Crippen MR) is 148 cm³/mol. The number of aliphatic imine (C=N–C) groups is 2. The average Bonchev–Trinajstić information content (AvgIpc) is 3.52. The number of aryl methyl sites for hydroxylation is 1. The smallest absolute Gasteiger partial charge is 0.212 e. The Kier molecular flexibility index (Phi) is 8.55. The van der Waals surface area contributed by atoms with Gasteiger partial charge in [-0.2, -0.15) is 10.2 Å². The fraction of sp³-hybridized carbons (Fsp3) is 0.217. The summed E-state index contributed by atoms with van der Waals surface area (Å²) >= 11 is 6.84. The molecule has 2 aliphatic heterocycles. The van der Waals surface area contributed by atoms with Gasteiger partial charge in [0.1, 0.15) is 0 Å². The molecule has 2 aliphatic rings. The monoisotopic (exact) mass is 518 g/mol. The van der Waals surface area contributed by atoms with Crippen molar-refractivity contribution >= 4 is 82.3 Å². The molecule has 0 fully saturated rings. The normalized spacial score (nSPS) is 15.0. The van der Waals surface area contributed by atoms with Crippen molar-refractivity contribution in [1.82, 2.24) is 21.5 Å². The van der Waals surface area contributed by atoms with Crippen molar-refractivity contribution < 1.29 is 0 Å². The van der Waals surface area contributed by atoms with Crippen molar-refractivity contribution in [3.05, 3.63) is 58.1 Å². The first-order valence-corrected chi connectivity index (χ1v) is 10.9. The highest BCUT2D eigenvalue weighted by Gasteiger charge is 2.16. The van der Waals surface area contributed by atoms with Gasteiger partial charge in [0.05, 0.1) is 30.5 Å². The third-order valence-corrected chi connectivity index (χ3v) is 5.97. The number of rotatable bonds is 4. The van der Waals surface area contributed by atoms with E-state index in [1.807, 2.05) is 37.6 Å². The topological polar surface area (TPSA) is 97.6 Å². The molecule has 8 nitrogen and oxygen atoms in total. The van der Waals surface area contributed by atoms with Crippen molar-refractivity contribution in [1.29, 1.82) is 0 Å². The fourth-order valence-corrected chi connectivity index (χ4v) is 4.20. The lowest BCUT2D eigenvalue weighted by molar-refractivity contribution is 0.920. The summed E-state index contributed by atoms with van der Waals surface area (Å²) in [4.78, 5) is 8.64. The first kappa shape index (κ1) is 25.6. The Morgan fingerprint density at radius 2 is 1.38 bits per heavy atom. The van der Waals surface area contributed by atoms with Gasteiger partial charge in [0.2, 0.25) is 11.9 Å². The number of fused-ring (bicyclic) bond motifs is 2. The van der Waals surface area contributed by atoms with Crippen LogP contribution < -0.4 is 21.5 Å². The van der Waals surface area contributed by atoms with Crippen molar-refractivity contribution in [3.63, 3.8) is 0 Å². The molecule has 0 unspecified atom stereocenters. The SMILES string of the molecule is Cc1ccc2c(/C=N/NC3=NCCN3)c3ccccc3c(/C=N/NC3=NCCN3)c2c1Cl.Cl.Cl. The number of hydrazone groups is 2. The molecule has 3 aromatic rings. The molecule has 4 N–H and O–H groups in total. The van der Waals surface area contributed by atoms with Gasteiger partial charge in [-0.3, -0.25) is 0 Å². The van der Waals surface area contributed by atoms with Crippen LogP contribution in [0.5, 0.6) is 0 Å². The fourth-order valence-electron chi connectivity index (χ4n) is 3.94. The van der Waals surface area contributed by atoms with E-state index in [0.29, 0.717) is 16.9 Å². The average molecular weight is 520 g/mol. The maximum Gasteiger partial charge on any atom is 0.212 e. The van der Waals surface area contributed by atoms with Gasteiger partial charge < -0.3 is 10.6 Å². The van der Waals surface area contributed by atoms with Crippen LogP contribution >= 0.6 is 36.4 Å². The van der Waals surface area contributed by atoms with Crippen molar-refractivity contribution in [3.8, 4) is 0 Å². The summed E-state index contributed by atoms with van der Waals surface area (Å²) in [6, 6.07) is 12.3. The van der Waals surface area contributed by atoms with E-state index in [-0.39, 0.29) is 24.8 Å². The van der Waals surface area contributed by atoms with Crippen molar-refractivity contribution in [2.24, 2.45) is 20.2 Å². The third-order valence-electron chi connectivity index (χ3n) is 5.48. The van der Waals surface area contributed by atoms with Crippen LogP contribution in [0.4, 0.5) is 0 Å². The van der Waals surface area contributed by atoms with Gasteiger partial charge in [0.25, 0.3) is 0 Å². The van der Waals surface area contributed by atoms with E-state index in [0.717, 1.165) is 64.4 Å². The van der Waals surface area contributed by atoms with E-state index in [1.54, 1.807) is 0 Å². The highest BCUT2D eigenvalue weighted by atomic mass is 35.5. The molecule has 0 aliphatic carbocycles. The van der Waals surface area contributed by atoms with E-state index >= 15 is 0 Å². The van der Waals surface area contributed by atoms with Gasteiger partial charge in [0.15, 0.2) is 0 Å². The summed E-state index contributed by atoms with van der Waals surface area (Å²) in [5.41, 5.74) is 8.90. The third kappa shape index (κ3) is 5.04. The molecular formula is C23H25Cl3N8. The molecule has 0 radical (unpaired) electrons. The number of benzene rings is 3. The van der Waals surface area contributed by atoms with Crippen LogP contribution in [0.25, 0.3) is 21.5 Å². The molecule has 3 aromatic carbocycles. The molecule has 0 atom stereocenters. The number of halogens is 3. The van der Waals surface area contributed by atoms with Gasteiger partial charge >= 0.3 is 0 Å². The molecule has 0 amide bonds. The second-order valence-corrected chi connectivity index (χ2v) is 7.92. The van der Waals surface area contributed by atoms with Crippen molar-refractivity contribution in [2.45, 2.75) is 6.92 Å². The van der Waals surface area contributed by atoms with Gasteiger partial charge in [-0.1, -0.05) is 48.0 Å². The minimum Gasteiger partial charge on any atom is -0.353 e. The van der Waals surface area contributed by atoms with Crippen LogP contribution in [0, 0.1) is 6.92 Å². The summed E-state index contributed by atoms with van der Waals surface area (Å²) < 4.78 is 0. The number of nitrogens with one attached hydrogen (secondary N) is 4. The Balaban J connectivity index is 0.00000162. The minimum absolute atomic E-state index is 0. The van der Waals surface area contributed by atoms with Gasteiger partial charge in [0, 0.05) is 29.6 Å². The highest BCUT2D eigenvalue weighted by molar-refractivity contribution is 6.39. The van der Waals surface area contributed by atoms with Gasteiger partial charge in [-0.25, -0.2) is 20.8 Å². The highest BCUT2D eigenvalue weighted by Crippen LogP contribution is 2.36. The summed E-state index contributed by atoms with van der Waals surface area (Å²) in [6.45, 7) is 5.15. The summed E-state index contributed by atoms with van der Waals surface area (Å²) in [5, 5.41) is 19.9. The van der Waals surface area contributed by atoms with Crippen LogP contribution in [0.2, 0.25) is 5.02 Å².